The lowest BCUT2D eigenvalue weighted by molar-refractivity contribution is -0.130. The van der Waals surface area contributed by atoms with Crippen molar-refractivity contribution in [1.29, 1.82) is 0 Å². The maximum atomic E-state index is 13.2. The van der Waals surface area contributed by atoms with Gasteiger partial charge in [-0.2, -0.15) is 5.10 Å². The second-order valence-electron chi connectivity index (χ2n) is 7.95. The predicted octanol–water partition coefficient (Wildman–Crippen LogP) is 2.39. The maximum Gasteiger partial charge on any atom is 0.281 e. The molecule has 9 heteroatoms. The molecule has 0 atom stereocenters. The summed E-state index contributed by atoms with van der Waals surface area (Å²) in [4.78, 5) is 34.7. The number of aromatic nitrogens is 4. The van der Waals surface area contributed by atoms with Crippen LogP contribution in [0.1, 0.15) is 24.6 Å². The molecule has 1 saturated heterocycles. The molecule has 0 saturated carbocycles. The average Bonchev–Trinajstić information content (AvgIpc) is 3.05. The summed E-state index contributed by atoms with van der Waals surface area (Å²) in [6.45, 7) is 6.97. The number of amides is 1. The van der Waals surface area contributed by atoms with Crippen LogP contribution in [0.3, 0.4) is 0 Å². The van der Waals surface area contributed by atoms with E-state index in [2.05, 4.69) is 10.00 Å². The van der Waals surface area contributed by atoms with Gasteiger partial charge >= 0.3 is 0 Å². The number of nitrogens with zero attached hydrogens (tertiary/aromatic N) is 6. The molecular formula is C22H27ClN6O2. The quantitative estimate of drug-likeness (QED) is 0.606. The molecule has 1 fully saturated rings. The van der Waals surface area contributed by atoms with Crippen LogP contribution in [0.4, 0.5) is 5.95 Å². The lowest BCUT2D eigenvalue weighted by atomic mass is 10.1. The predicted molar refractivity (Wildman–Crippen MR) is 122 cm³/mol. The van der Waals surface area contributed by atoms with E-state index in [1.54, 1.807) is 28.4 Å². The van der Waals surface area contributed by atoms with Crippen LogP contribution in [0, 0.1) is 6.92 Å². The van der Waals surface area contributed by atoms with Crippen molar-refractivity contribution in [3.05, 3.63) is 50.9 Å². The summed E-state index contributed by atoms with van der Waals surface area (Å²) in [6, 6.07) is 7.37. The SMILES string of the molecule is CCCn1c(N2CCN(C(=O)Cc3ccc(Cl)cc3)CC2)nc2c(C)nn(C)c2c1=O. The first-order valence-electron chi connectivity index (χ1n) is 10.6. The van der Waals surface area contributed by atoms with Gasteiger partial charge in [0.25, 0.3) is 5.56 Å². The van der Waals surface area contributed by atoms with Gasteiger partial charge in [0.05, 0.1) is 12.1 Å². The molecule has 8 nitrogen and oxygen atoms in total. The van der Waals surface area contributed by atoms with E-state index in [1.807, 2.05) is 30.9 Å². The Morgan fingerprint density at radius 2 is 1.81 bits per heavy atom. The zero-order valence-electron chi connectivity index (χ0n) is 18.1. The Labute approximate surface area is 186 Å². The van der Waals surface area contributed by atoms with Crippen LogP contribution >= 0.6 is 11.6 Å². The van der Waals surface area contributed by atoms with Crippen LogP contribution in [-0.2, 0) is 24.8 Å². The number of fused-ring (bicyclic) bond motifs is 1. The van der Waals surface area contributed by atoms with Crippen molar-refractivity contribution in [3.63, 3.8) is 0 Å². The number of carbonyl (C=O) groups is 1. The highest BCUT2D eigenvalue weighted by atomic mass is 35.5. The lowest BCUT2D eigenvalue weighted by Gasteiger charge is -2.36. The molecule has 3 heterocycles. The van der Waals surface area contributed by atoms with E-state index in [4.69, 9.17) is 16.6 Å². The van der Waals surface area contributed by atoms with Crippen LogP contribution in [-0.4, -0.2) is 56.3 Å². The number of halogens is 1. The molecule has 0 radical (unpaired) electrons. The molecule has 0 spiro atoms. The molecule has 1 amide bonds. The van der Waals surface area contributed by atoms with Gasteiger partial charge in [0.15, 0.2) is 5.52 Å². The first-order chi connectivity index (χ1) is 14.9. The topological polar surface area (TPSA) is 76.3 Å². The molecule has 0 N–H and O–H groups in total. The van der Waals surface area contributed by atoms with E-state index in [9.17, 15) is 9.59 Å². The average molecular weight is 443 g/mol. The second kappa shape index (κ2) is 8.70. The van der Waals surface area contributed by atoms with Crippen LogP contribution in [0.15, 0.2) is 29.1 Å². The van der Waals surface area contributed by atoms with Crippen LogP contribution < -0.4 is 10.5 Å². The Bertz CT molecular complexity index is 1160. The Balaban J connectivity index is 1.53. The minimum absolute atomic E-state index is 0.0637. The second-order valence-corrected chi connectivity index (χ2v) is 8.38. The van der Waals surface area contributed by atoms with E-state index in [1.165, 1.54) is 0 Å². The van der Waals surface area contributed by atoms with E-state index in [-0.39, 0.29) is 11.5 Å². The number of anilines is 1. The Kier molecular flexibility index (Phi) is 6.00. The number of hydrogen-bond acceptors (Lipinski definition) is 5. The normalized spacial score (nSPS) is 14.5. The van der Waals surface area contributed by atoms with Gasteiger partial charge in [-0.25, -0.2) is 4.98 Å². The van der Waals surface area contributed by atoms with E-state index in [0.29, 0.717) is 61.1 Å². The van der Waals surface area contributed by atoms with Crippen LogP contribution in [0.5, 0.6) is 0 Å². The molecular weight excluding hydrogens is 416 g/mol. The molecule has 2 aromatic heterocycles. The smallest absolute Gasteiger partial charge is 0.281 e. The minimum atomic E-state index is -0.0637. The highest BCUT2D eigenvalue weighted by Crippen LogP contribution is 2.20. The Morgan fingerprint density at radius 1 is 1.13 bits per heavy atom. The van der Waals surface area contributed by atoms with Crippen LogP contribution in [0.2, 0.25) is 5.02 Å². The third-order valence-corrected chi connectivity index (χ3v) is 5.97. The van der Waals surface area contributed by atoms with Crippen molar-refractivity contribution in [3.8, 4) is 0 Å². The molecule has 0 aliphatic carbocycles. The van der Waals surface area contributed by atoms with Gasteiger partial charge in [0.1, 0.15) is 5.52 Å². The summed E-state index contributed by atoms with van der Waals surface area (Å²) < 4.78 is 3.36. The summed E-state index contributed by atoms with van der Waals surface area (Å²) in [7, 11) is 1.78. The number of benzene rings is 1. The van der Waals surface area contributed by atoms with Crippen molar-refractivity contribution in [2.45, 2.75) is 33.2 Å². The number of carbonyl (C=O) groups excluding carboxylic acids is 1. The van der Waals surface area contributed by atoms with E-state index in [0.717, 1.165) is 17.7 Å². The molecule has 1 aromatic carbocycles. The number of aryl methyl sites for hydroxylation is 2. The van der Waals surface area contributed by atoms with Crippen molar-refractivity contribution < 1.29 is 4.79 Å². The molecule has 1 aliphatic heterocycles. The molecule has 0 bridgehead atoms. The molecule has 164 valence electrons. The van der Waals surface area contributed by atoms with Crippen molar-refractivity contribution in [2.75, 3.05) is 31.1 Å². The zero-order chi connectivity index (χ0) is 22.1. The first kappa shape index (κ1) is 21.4. The zero-order valence-corrected chi connectivity index (χ0v) is 18.9. The van der Waals surface area contributed by atoms with E-state index < -0.39 is 0 Å². The van der Waals surface area contributed by atoms with Gasteiger partial charge in [0, 0.05) is 44.8 Å². The number of hydrogen-bond donors (Lipinski definition) is 0. The van der Waals surface area contributed by atoms with Gasteiger partial charge < -0.3 is 9.80 Å². The molecule has 0 unspecified atom stereocenters. The lowest BCUT2D eigenvalue weighted by Crippen LogP contribution is -2.50. The van der Waals surface area contributed by atoms with Crippen molar-refractivity contribution in [1.82, 2.24) is 24.2 Å². The summed E-state index contributed by atoms with van der Waals surface area (Å²) >= 11 is 5.93. The fourth-order valence-corrected chi connectivity index (χ4v) is 4.24. The van der Waals surface area contributed by atoms with Crippen LogP contribution in [0.25, 0.3) is 11.0 Å². The number of rotatable bonds is 5. The van der Waals surface area contributed by atoms with Gasteiger partial charge in [-0.05, 0) is 31.0 Å². The van der Waals surface area contributed by atoms with Gasteiger partial charge in [-0.1, -0.05) is 30.7 Å². The van der Waals surface area contributed by atoms with Gasteiger partial charge in [-0.3, -0.25) is 18.8 Å². The van der Waals surface area contributed by atoms with Gasteiger partial charge in [0.2, 0.25) is 11.9 Å². The third kappa shape index (κ3) is 4.17. The Hall–Kier alpha value is -2.87. The summed E-state index contributed by atoms with van der Waals surface area (Å²) in [5, 5.41) is 5.04. The monoisotopic (exact) mass is 442 g/mol. The minimum Gasteiger partial charge on any atom is -0.339 e. The largest absolute Gasteiger partial charge is 0.339 e. The molecule has 3 aromatic rings. The fourth-order valence-electron chi connectivity index (χ4n) is 4.11. The molecule has 1 aliphatic rings. The summed E-state index contributed by atoms with van der Waals surface area (Å²) in [5.41, 5.74) is 2.82. The number of piperazine rings is 1. The third-order valence-electron chi connectivity index (χ3n) is 5.72. The Morgan fingerprint density at radius 3 is 2.45 bits per heavy atom. The fraction of sp³-hybridized carbons (Fsp3) is 0.455. The highest BCUT2D eigenvalue weighted by molar-refractivity contribution is 6.30. The summed E-state index contributed by atoms with van der Waals surface area (Å²) in [6.07, 6.45) is 1.19. The molecule has 4 rings (SSSR count). The van der Waals surface area contributed by atoms with E-state index >= 15 is 0 Å². The first-order valence-corrected chi connectivity index (χ1v) is 11.0. The standard InChI is InChI=1S/C22H27ClN6O2/c1-4-9-29-21(31)20-19(15(2)25-26(20)3)24-22(29)28-12-10-27(11-13-28)18(30)14-16-5-7-17(23)8-6-16/h5-8H,4,9-14H2,1-3H3. The summed E-state index contributed by atoms with van der Waals surface area (Å²) in [5.74, 6) is 0.764. The van der Waals surface area contributed by atoms with Crippen molar-refractivity contribution in [2.24, 2.45) is 7.05 Å². The maximum absolute atomic E-state index is 13.2. The highest BCUT2D eigenvalue weighted by Gasteiger charge is 2.26. The van der Waals surface area contributed by atoms with Crippen molar-refractivity contribution >= 4 is 34.5 Å². The van der Waals surface area contributed by atoms with Gasteiger partial charge in [-0.15, -0.1) is 0 Å². The molecule has 31 heavy (non-hydrogen) atoms.